The van der Waals surface area contributed by atoms with Gasteiger partial charge in [-0.15, -0.1) is 0 Å². The predicted molar refractivity (Wildman–Crippen MR) is 64.2 cm³/mol. The Morgan fingerprint density at radius 3 is 2.75 bits per heavy atom. The molecular weight excluding hydrogens is 204 g/mol. The molecule has 0 aromatic rings. The summed E-state index contributed by atoms with van der Waals surface area (Å²) in [4.78, 5) is 13.5. The number of likely N-dealkylation sites (tertiary alicyclic amines) is 1. The van der Waals surface area contributed by atoms with Crippen LogP contribution in [0.25, 0.3) is 0 Å². The van der Waals surface area contributed by atoms with Gasteiger partial charge in [-0.05, 0) is 13.3 Å². The molecule has 1 unspecified atom stereocenters. The van der Waals surface area contributed by atoms with E-state index in [4.69, 9.17) is 5.11 Å². The third-order valence-corrected chi connectivity index (χ3v) is 2.95. The minimum absolute atomic E-state index is 0.0795. The molecule has 4 nitrogen and oxygen atoms in total. The van der Waals surface area contributed by atoms with Gasteiger partial charge in [-0.1, -0.05) is 26.2 Å². The maximum absolute atomic E-state index is 11.6. The molecule has 1 rings (SSSR count). The first-order valence-corrected chi connectivity index (χ1v) is 6.31. The molecule has 1 amide bonds. The van der Waals surface area contributed by atoms with Gasteiger partial charge in [0, 0.05) is 19.1 Å². The molecule has 0 aromatic heterocycles. The smallest absolute Gasteiger partial charge is 0.234 e. The summed E-state index contributed by atoms with van der Waals surface area (Å²) in [5, 5.41) is 12.1. The van der Waals surface area contributed by atoms with E-state index < -0.39 is 0 Å². The van der Waals surface area contributed by atoms with Gasteiger partial charge in [-0.3, -0.25) is 9.69 Å². The highest BCUT2D eigenvalue weighted by Crippen LogP contribution is 2.06. The van der Waals surface area contributed by atoms with E-state index in [0.29, 0.717) is 19.6 Å². The summed E-state index contributed by atoms with van der Waals surface area (Å²) in [6.07, 6.45) is 4.46. The van der Waals surface area contributed by atoms with Crippen LogP contribution < -0.4 is 5.32 Å². The van der Waals surface area contributed by atoms with Crippen molar-refractivity contribution < 1.29 is 9.90 Å². The lowest BCUT2D eigenvalue weighted by Crippen LogP contribution is -2.54. The van der Waals surface area contributed by atoms with E-state index in [9.17, 15) is 4.79 Å². The number of nitrogens with zero attached hydrogens (tertiary/aromatic N) is 1. The van der Waals surface area contributed by atoms with E-state index in [0.717, 1.165) is 6.42 Å². The summed E-state index contributed by atoms with van der Waals surface area (Å²) in [6, 6.07) is 0.269. The first-order valence-electron chi connectivity index (χ1n) is 6.31. The number of carbonyl (C=O) groups excluding carboxylic acids is 1. The maximum Gasteiger partial charge on any atom is 0.234 e. The van der Waals surface area contributed by atoms with Crippen LogP contribution in [0.15, 0.2) is 0 Å². The summed E-state index contributed by atoms with van der Waals surface area (Å²) in [6.45, 7) is 5.93. The molecule has 1 aliphatic heterocycles. The van der Waals surface area contributed by atoms with Gasteiger partial charge in [-0.2, -0.15) is 0 Å². The molecule has 2 N–H and O–H groups in total. The Hall–Kier alpha value is -0.610. The summed E-state index contributed by atoms with van der Waals surface area (Å²) in [7, 11) is 0. The van der Waals surface area contributed by atoms with Crippen molar-refractivity contribution in [2.24, 2.45) is 0 Å². The highest BCUT2D eigenvalue weighted by atomic mass is 16.3. The van der Waals surface area contributed by atoms with Crippen LogP contribution in [0.3, 0.4) is 0 Å². The number of β-amino-alcohol motifs (C(OH)–C–C–N with tert-alkyl or cyclic N) is 1. The van der Waals surface area contributed by atoms with Gasteiger partial charge in [0.25, 0.3) is 0 Å². The Kier molecular flexibility index (Phi) is 5.77. The molecule has 0 bridgehead atoms. The summed E-state index contributed by atoms with van der Waals surface area (Å²) < 4.78 is 0. The van der Waals surface area contributed by atoms with Crippen LogP contribution in [0.5, 0.6) is 0 Å². The fourth-order valence-corrected chi connectivity index (χ4v) is 1.97. The van der Waals surface area contributed by atoms with Crippen molar-refractivity contribution in [2.45, 2.75) is 51.7 Å². The van der Waals surface area contributed by atoms with Crippen molar-refractivity contribution >= 4 is 5.91 Å². The lowest BCUT2D eigenvalue weighted by Gasteiger charge is -2.35. The van der Waals surface area contributed by atoms with Gasteiger partial charge >= 0.3 is 0 Å². The van der Waals surface area contributed by atoms with E-state index in [2.05, 4.69) is 19.2 Å². The molecule has 0 radical (unpaired) electrons. The third kappa shape index (κ3) is 4.94. The zero-order chi connectivity index (χ0) is 12.0. The zero-order valence-electron chi connectivity index (χ0n) is 10.4. The van der Waals surface area contributed by atoms with E-state index in [1.165, 1.54) is 19.3 Å². The first-order chi connectivity index (χ1) is 7.61. The molecule has 0 aliphatic carbocycles. The Bertz CT molecular complexity index is 215. The van der Waals surface area contributed by atoms with Crippen molar-refractivity contribution in [1.82, 2.24) is 10.2 Å². The summed E-state index contributed by atoms with van der Waals surface area (Å²) in [5.74, 6) is 0.0795. The molecule has 16 heavy (non-hydrogen) atoms. The highest BCUT2D eigenvalue weighted by Gasteiger charge is 2.25. The van der Waals surface area contributed by atoms with E-state index >= 15 is 0 Å². The Morgan fingerprint density at radius 2 is 2.19 bits per heavy atom. The van der Waals surface area contributed by atoms with Gasteiger partial charge in [0.05, 0.1) is 12.6 Å². The Labute approximate surface area is 98.0 Å². The third-order valence-electron chi connectivity index (χ3n) is 2.95. The number of amides is 1. The lowest BCUT2D eigenvalue weighted by molar-refractivity contribution is -0.125. The standard InChI is InChI=1S/C12H24N2O2/c1-3-4-5-6-10(2)13-12(16)9-14-7-11(15)8-14/h10-11,15H,3-9H2,1-2H3,(H,13,16). The van der Waals surface area contributed by atoms with Crippen LogP contribution in [-0.4, -0.2) is 47.7 Å². The number of unbranched alkanes of at least 4 members (excludes halogenated alkanes) is 2. The number of carbonyl (C=O) groups is 1. The quantitative estimate of drug-likeness (QED) is 0.632. The van der Waals surface area contributed by atoms with Crippen LogP contribution in [0.4, 0.5) is 0 Å². The average molecular weight is 228 g/mol. The fraction of sp³-hybridized carbons (Fsp3) is 0.917. The van der Waals surface area contributed by atoms with Crippen LogP contribution in [0, 0.1) is 0 Å². The van der Waals surface area contributed by atoms with E-state index in [-0.39, 0.29) is 18.1 Å². The average Bonchev–Trinajstić information content (AvgIpc) is 2.15. The summed E-state index contributed by atoms with van der Waals surface area (Å²) >= 11 is 0. The molecule has 0 spiro atoms. The van der Waals surface area contributed by atoms with Crippen LogP contribution >= 0.6 is 0 Å². The number of nitrogens with one attached hydrogen (secondary N) is 1. The van der Waals surface area contributed by atoms with Crippen molar-refractivity contribution in [3.63, 3.8) is 0 Å². The van der Waals surface area contributed by atoms with Gasteiger partial charge in [0.2, 0.25) is 5.91 Å². The molecule has 1 atom stereocenters. The molecule has 0 aromatic carbocycles. The monoisotopic (exact) mass is 228 g/mol. The molecule has 1 heterocycles. The van der Waals surface area contributed by atoms with E-state index in [1.54, 1.807) is 0 Å². The SMILES string of the molecule is CCCCCC(C)NC(=O)CN1CC(O)C1. The van der Waals surface area contributed by atoms with Gasteiger partial charge in [0.1, 0.15) is 0 Å². The molecule has 1 saturated heterocycles. The van der Waals surface area contributed by atoms with Crippen LogP contribution in [-0.2, 0) is 4.79 Å². The molecule has 1 aliphatic rings. The maximum atomic E-state index is 11.6. The predicted octanol–water partition coefficient (Wildman–Crippen LogP) is 0.748. The van der Waals surface area contributed by atoms with Crippen molar-refractivity contribution in [3.8, 4) is 0 Å². The Morgan fingerprint density at radius 1 is 1.50 bits per heavy atom. The molecule has 0 saturated carbocycles. The van der Waals surface area contributed by atoms with Gasteiger partial charge in [-0.25, -0.2) is 0 Å². The molecule has 1 fully saturated rings. The largest absolute Gasteiger partial charge is 0.390 e. The van der Waals surface area contributed by atoms with Crippen LogP contribution in [0.2, 0.25) is 0 Å². The molecular formula is C12H24N2O2. The van der Waals surface area contributed by atoms with Gasteiger partial charge < -0.3 is 10.4 Å². The second-order valence-corrected chi connectivity index (χ2v) is 4.81. The first kappa shape index (κ1) is 13.5. The van der Waals surface area contributed by atoms with Crippen molar-refractivity contribution in [3.05, 3.63) is 0 Å². The number of aliphatic hydroxyl groups excluding tert-OH is 1. The number of aliphatic hydroxyl groups is 1. The fourth-order valence-electron chi connectivity index (χ4n) is 1.97. The highest BCUT2D eigenvalue weighted by molar-refractivity contribution is 5.78. The molecule has 94 valence electrons. The normalized spacial score (nSPS) is 19.2. The Balaban J connectivity index is 2.04. The number of hydrogen-bond donors (Lipinski definition) is 2. The molecule has 4 heteroatoms. The number of rotatable bonds is 7. The topological polar surface area (TPSA) is 52.6 Å². The van der Waals surface area contributed by atoms with Crippen molar-refractivity contribution in [1.29, 1.82) is 0 Å². The van der Waals surface area contributed by atoms with Crippen LogP contribution in [0.1, 0.15) is 39.5 Å². The van der Waals surface area contributed by atoms with E-state index in [1.807, 2.05) is 4.90 Å². The zero-order valence-corrected chi connectivity index (χ0v) is 10.4. The van der Waals surface area contributed by atoms with Gasteiger partial charge in [0.15, 0.2) is 0 Å². The second-order valence-electron chi connectivity index (χ2n) is 4.81. The summed E-state index contributed by atoms with van der Waals surface area (Å²) in [5.41, 5.74) is 0. The van der Waals surface area contributed by atoms with Crippen molar-refractivity contribution in [2.75, 3.05) is 19.6 Å². The minimum atomic E-state index is -0.227. The minimum Gasteiger partial charge on any atom is -0.390 e. The second kappa shape index (κ2) is 6.86. The number of hydrogen-bond acceptors (Lipinski definition) is 3. The lowest BCUT2D eigenvalue weighted by atomic mass is 10.1.